The Morgan fingerprint density at radius 1 is 1.44 bits per heavy atom. The minimum Gasteiger partial charge on any atom is -0.396 e. The number of hydrogen-bond donors (Lipinski definition) is 2. The van der Waals surface area contributed by atoms with Crippen molar-refractivity contribution in [1.82, 2.24) is 4.90 Å². The summed E-state index contributed by atoms with van der Waals surface area (Å²) in [5.41, 5.74) is 0.875. The maximum absolute atomic E-state index is 10.1. The third kappa shape index (κ3) is 3.69. The van der Waals surface area contributed by atoms with Gasteiger partial charge in [0.2, 0.25) is 0 Å². The van der Waals surface area contributed by atoms with Gasteiger partial charge in [-0.2, -0.15) is 0 Å². The predicted octanol–water partition coefficient (Wildman–Crippen LogP) is 2.08. The predicted molar refractivity (Wildman–Crippen MR) is 72.7 cm³/mol. The van der Waals surface area contributed by atoms with E-state index in [4.69, 9.17) is 16.7 Å². The van der Waals surface area contributed by atoms with Crippen molar-refractivity contribution >= 4 is 11.6 Å². The van der Waals surface area contributed by atoms with Gasteiger partial charge in [-0.1, -0.05) is 23.7 Å². The van der Waals surface area contributed by atoms with E-state index in [0.29, 0.717) is 17.4 Å². The first-order chi connectivity index (χ1) is 8.69. The number of likely N-dealkylation sites (tertiary alicyclic amines) is 1. The van der Waals surface area contributed by atoms with E-state index in [0.717, 1.165) is 31.6 Å². The molecular formula is C14H20ClNO2. The molecule has 1 aromatic carbocycles. The number of hydrogen-bond acceptors (Lipinski definition) is 3. The third-order valence-corrected chi connectivity index (χ3v) is 3.82. The number of aliphatic hydroxyl groups is 2. The van der Waals surface area contributed by atoms with E-state index < -0.39 is 6.10 Å². The molecule has 2 N–H and O–H groups in total. The number of aliphatic hydroxyl groups excluding tert-OH is 2. The summed E-state index contributed by atoms with van der Waals surface area (Å²) in [6, 6.07) is 7.38. The largest absolute Gasteiger partial charge is 0.396 e. The summed E-state index contributed by atoms with van der Waals surface area (Å²) >= 11 is 5.90. The lowest BCUT2D eigenvalue weighted by Crippen LogP contribution is -2.24. The fourth-order valence-corrected chi connectivity index (χ4v) is 2.65. The zero-order valence-electron chi connectivity index (χ0n) is 10.4. The lowest BCUT2D eigenvalue weighted by atomic mass is 10.1. The molecule has 2 unspecified atom stereocenters. The minimum atomic E-state index is -0.461. The zero-order valence-corrected chi connectivity index (χ0v) is 11.2. The molecule has 0 bridgehead atoms. The van der Waals surface area contributed by atoms with Gasteiger partial charge in [-0.15, -0.1) is 0 Å². The van der Waals surface area contributed by atoms with Crippen molar-refractivity contribution in [3.8, 4) is 0 Å². The van der Waals surface area contributed by atoms with Crippen LogP contribution < -0.4 is 0 Å². The highest BCUT2D eigenvalue weighted by Gasteiger charge is 2.22. The highest BCUT2D eigenvalue weighted by molar-refractivity contribution is 6.30. The van der Waals surface area contributed by atoms with Crippen LogP contribution in [-0.4, -0.2) is 41.4 Å². The van der Waals surface area contributed by atoms with Crippen LogP contribution in [-0.2, 0) is 0 Å². The Kier molecular flexibility index (Phi) is 5.01. The average Bonchev–Trinajstić information content (AvgIpc) is 2.84. The molecule has 1 aliphatic rings. The molecule has 100 valence electrons. The van der Waals surface area contributed by atoms with Crippen molar-refractivity contribution in [2.45, 2.75) is 18.9 Å². The second-order valence-electron chi connectivity index (χ2n) is 5.00. The molecule has 2 atom stereocenters. The van der Waals surface area contributed by atoms with E-state index in [1.54, 1.807) is 0 Å². The van der Waals surface area contributed by atoms with Gasteiger partial charge < -0.3 is 15.1 Å². The smallest absolute Gasteiger partial charge is 0.0802 e. The summed E-state index contributed by atoms with van der Waals surface area (Å²) < 4.78 is 0. The maximum atomic E-state index is 10.1. The first-order valence-electron chi connectivity index (χ1n) is 6.46. The second-order valence-corrected chi connectivity index (χ2v) is 5.43. The topological polar surface area (TPSA) is 43.7 Å². The van der Waals surface area contributed by atoms with Gasteiger partial charge in [0.25, 0.3) is 0 Å². The first kappa shape index (κ1) is 13.8. The monoisotopic (exact) mass is 269 g/mol. The van der Waals surface area contributed by atoms with Crippen LogP contribution in [0.25, 0.3) is 0 Å². The van der Waals surface area contributed by atoms with E-state index in [9.17, 15) is 5.11 Å². The lowest BCUT2D eigenvalue weighted by molar-refractivity contribution is 0.146. The molecule has 1 aliphatic heterocycles. The molecular weight excluding hydrogens is 250 g/mol. The van der Waals surface area contributed by atoms with Crippen molar-refractivity contribution in [3.05, 3.63) is 34.9 Å². The van der Waals surface area contributed by atoms with Crippen LogP contribution in [0, 0.1) is 5.92 Å². The van der Waals surface area contributed by atoms with E-state index in [1.165, 1.54) is 0 Å². The Morgan fingerprint density at radius 2 is 2.28 bits per heavy atom. The fourth-order valence-electron chi connectivity index (χ4n) is 2.45. The minimum absolute atomic E-state index is 0.271. The number of benzene rings is 1. The van der Waals surface area contributed by atoms with Gasteiger partial charge in [0.1, 0.15) is 0 Å². The van der Waals surface area contributed by atoms with Gasteiger partial charge in [0.15, 0.2) is 0 Å². The van der Waals surface area contributed by atoms with Gasteiger partial charge in [-0.3, -0.25) is 0 Å². The summed E-state index contributed by atoms with van der Waals surface area (Å²) in [6.07, 6.45) is 1.30. The molecule has 1 heterocycles. The number of nitrogens with zero attached hydrogens (tertiary/aromatic N) is 1. The van der Waals surface area contributed by atoms with Gasteiger partial charge in [-0.25, -0.2) is 0 Å². The van der Waals surface area contributed by atoms with Crippen molar-refractivity contribution in [1.29, 1.82) is 0 Å². The Labute approximate surface area is 113 Å². The number of rotatable bonds is 5. The molecule has 1 saturated heterocycles. The SMILES string of the molecule is OCC1CCN(CCC(O)c2cccc(Cl)c2)C1. The Bertz CT molecular complexity index is 386. The Morgan fingerprint density at radius 3 is 2.94 bits per heavy atom. The van der Waals surface area contributed by atoms with Crippen molar-refractivity contribution < 1.29 is 10.2 Å². The summed E-state index contributed by atoms with van der Waals surface area (Å²) in [7, 11) is 0. The molecule has 0 radical (unpaired) electrons. The van der Waals surface area contributed by atoms with Gasteiger partial charge in [0.05, 0.1) is 6.10 Å². The van der Waals surface area contributed by atoms with E-state index in [1.807, 2.05) is 24.3 Å². The average molecular weight is 270 g/mol. The van der Waals surface area contributed by atoms with Crippen LogP contribution in [0.2, 0.25) is 5.02 Å². The number of halogens is 1. The van der Waals surface area contributed by atoms with Gasteiger partial charge in [-0.05, 0) is 43.0 Å². The van der Waals surface area contributed by atoms with Crippen LogP contribution in [0.15, 0.2) is 24.3 Å². The quantitative estimate of drug-likeness (QED) is 0.860. The fraction of sp³-hybridized carbons (Fsp3) is 0.571. The van der Waals surface area contributed by atoms with Crippen LogP contribution in [0.1, 0.15) is 24.5 Å². The molecule has 0 saturated carbocycles. The molecule has 0 amide bonds. The first-order valence-corrected chi connectivity index (χ1v) is 6.83. The van der Waals surface area contributed by atoms with Gasteiger partial charge in [0, 0.05) is 24.7 Å². The Hall–Kier alpha value is -0.610. The van der Waals surface area contributed by atoms with Crippen molar-refractivity contribution in [2.75, 3.05) is 26.2 Å². The zero-order chi connectivity index (χ0) is 13.0. The highest BCUT2D eigenvalue weighted by atomic mass is 35.5. The van der Waals surface area contributed by atoms with Crippen LogP contribution in [0.4, 0.5) is 0 Å². The molecule has 0 spiro atoms. The van der Waals surface area contributed by atoms with E-state index in [2.05, 4.69) is 4.90 Å². The van der Waals surface area contributed by atoms with Crippen molar-refractivity contribution in [3.63, 3.8) is 0 Å². The van der Waals surface area contributed by atoms with Gasteiger partial charge >= 0.3 is 0 Å². The maximum Gasteiger partial charge on any atom is 0.0802 e. The third-order valence-electron chi connectivity index (χ3n) is 3.58. The standard InChI is InChI=1S/C14H20ClNO2/c15-13-3-1-2-12(8-13)14(18)5-7-16-6-4-11(9-16)10-17/h1-3,8,11,14,17-18H,4-7,9-10H2. The van der Waals surface area contributed by atoms with Crippen LogP contribution >= 0.6 is 11.6 Å². The molecule has 3 nitrogen and oxygen atoms in total. The summed E-state index contributed by atoms with van der Waals surface area (Å²) in [4.78, 5) is 2.30. The lowest BCUT2D eigenvalue weighted by Gasteiger charge is -2.18. The Balaban J connectivity index is 1.80. The molecule has 0 aliphatic carbocycles. The summed E-state index contributed by atoms with van der Waals surface area (Å²) in [6.45, 7) is 3.10. The molecule has 2 rings (SSSR count). The summed E-state index contributed by atoms with van der Waals surface area (Å²) in [5.74, 6) is 0.410. The molecule has 1 aromatic rings. The van der Waals surface area contributed by atoms with Crippen LogP contribution in [0.5, 0.6) is 0 Å². The molecule has 0 aromatic heterocycles. The van der Waals surface area contributed by atoms with E-state index >= 15 is 0 Å². The van der Waals surface area contributed by atoms with Crippen molar-refractivity contribution in [2.24, 2.45) is 5.92 Å². The second kappa shape index (κ2) is 6.53. The van der Waals surface area contributed by atoms with Crippen LogP contribution in [0.3, 0.4) is 0 Å². The van der Waals surface area contributed by atoms with E-state index in [-0.39, 0.29) is 6.61 Å². The molecule has 18 heavy (non-hydrogen) atoms. The molecule has 1 fully saturated rings. The summed E-state index contributed by atoms with van der Waals surface area (Å²) in [5, 5.41) is 19.8. The highest BCUT2D eigenvalue weighted by Crippen LogP contribution is 2.22. The molecule has 4 heteroatoms. The normalized spacial score (nSPS) is 22.3.